The maximum absolute atomic E-state index is 11.8. The van der Waals surface area contributed by atoms with Crippen LogP contribution >= 0.6 is 0 Å². The highest BCUT2D eigenvalue weighted by Gasteiger charge is 2.04. The van der Waals surface area contributed by atoms with Crippen molar-refractivity contribution in [2.45, 2.75) is 19.5 Å². The van der Waals surface area contributed by atoms with Gasteiger partial charge >= 0.3 is 6.03 Å². The summed E-state index contributed by atoms with van der Waals surface area (Å²) in [6, 6.07) is 10.9. The molecule has 4 N–H and O–H groups in total. The van der Waals surface area contributed by atoms with Crippen LogP contribution < -0.4 is 16.4 Å². The molecule has 1 heterocycles. The summed E-state index contributed by atoms with van der Waals surface area (Å²) >= 11 is 0. The van der Waals surface area contributed by atoms with Gasteiger partial charge in [-0.1, -0.05) is 12.1 Å². The molecule has 20 heavy (non-hydrogen) atoms. The second-order valence-electron chi connectivity index (χ2n) is 4.58. The molecule has 0 bridgehead atoms. The first-order valence-corrected chi connectivity index (χ1v) is 6.44. The molecule has 104 valence electrons. The fourth-order valence-corrected chi connectivity index (χ4v) is 1.76. The number of nitrogens with one attached hydrogen (secondary N) is 2. The summed E-state index contributed by atoms with van der Waals surface area (Å²) in [6.07, 6.45) is 3.39. The molecular formula is C15H18N4O. The van der Waals surface area contributed by atoms with Crippen LogP contribution in [0.1, 0.15) is 24.1 Å². The summed E-state index contributed by atoms with van der Waals surface area (Å²) in [4.78, 5) is 15.7. The zero-order valence-electron chi connectivity index (χ0n) is 11.3. The summed E-state index contributed by atoms with van der Waals surface area (Å²) in [7, 11) is 0. The number of hydrogen-bond donors (Lipinski definition) is 3. The van der Waals surface area contributed by atoms with E-state index in [0.29, 0.717) is 6.54 Å². The number of urea groups is 1. The summed E-state index contributed by atoms with van der Waals surface area (Å²) in [5.74, 6) is 0. The summed E-state index contributed by atoms with van der Waals surface area (Å²) in [5.41, 5.74) is 8.53. The van der Waals surface area contributed by atoms with E-state index in [4.69, 9.17) is 5.73 Å². The van der Waals surface area contributed by atoms with Crippen molar-refractivity contribution in [1.82, 2.24) is 10.3 Å². The summed E-state index contributed by atoms with van der Waals surface area (Å²) < 4.78 is 0. The average molecular weight is 270 g/mol. The van der Waals surface area contributed by atoms with Crippen molar-refractivity contribution in [2.75, 3.05) is 5.32 Å². The van der Waals surface area contributed by atoms with Crippen molar-refractivity contribution >= 4 is 11.7 Å². The van der Waals surface area contributed by atoms with Crippen LogP contribution in [0.3, 0.4) is 0 Å². The van der Waals surface area contributed by atoms with Gasteiger partial charge in [-0.3, -0.25) is 4.98 Å². The molecule has 1 atom stereocenters. The standard InChI is InChI=1S/C15H18N4O/c1-11(16)13-3-2-4-14(9-13)19-15(20)18-10-12-5-7-17-8-6-12/h2-9,11H,10,16H2,1H3,(H2,18,19,20). The predicted octanol–water partition coefficient (Wildman–Crippen LogP) is 2.42. The average Bonchev–Trinajstić information content (AvgIpc) is 2.46. The quantitative estimate of drug-likeness (QED) is 0.798. The van der Waals surface area contributed by atoms with Crippen molar-refractivity contribution in [1.29, 1.82) is 0 Å². The van der Waals surface area contributed by atoms with Gasteiger partial charge < -0.3 is 16.4 Å². The Bertz CT molecular complexity index is 569. The molecule has 2 aromatic rings. The van der Waals surface area contributed by atoms with Crippen LogP contribution in [-0.2, 0) is 6.54 Å². The molecule has 0 aliphatic heterocycles. The molecule has 5 heteroatoms. The van der Waals surface area contributed by atoms with Gasteiger partial charge in [-0.15, -0.1) is 0 Å². The number of amides is 2. The summed E-state index contributed by atoms with van der Waals surface area (Å²) in [5, 5.41) is 5.57. The molecule has 0 spiro atoms. The molecule has 0 radical (unpaired) electrons. The number of anilines is 1. The minimum Gasteiger partial charge on any atom is -0.334 e. The normalized spacial score (nSPS) is 11.7. The minimum absolute atomic E-state index is 0.0587. The van der Waals surface area contributed by atoms with Gasteiger partial charge in [-0.05, 0) is 42.3 Å². The molecule has 2 rings (SSSR count). The van der Waals surface area contributed by atoms with E-state index < -0.39 is 0 Å². The first-order valence-electron chi connectivity index (χ1n) is 6.44. The largest absolute Gasteiger partial charge is 0.334 e. The topological polar surface area (TPSA) is 80.0 Å². The molecule has 2 amide bonds. The van der Waals surface area contributed by atoms with E-state index >= 15 is 0 Å². The fourth-order valence-electron chi connectivity index (χ4n) is 1.76. The molecule has 0 saturated carbocycles. The van der Waals surface area contributed by atoms with Gasteiger partial charge in [0.2, 0.25) is 0 Å². The SMILES string of the molecule is CC(N)c1cccc(NC(=O)NCc2ccncc2)c1. The highest BCUT2D eigenvalue weighted by molar-refractivity contribution is 5.89. The lowest BCUT2D eigenvalue weighted by molar-refractivity contribution is 0.251. The van der Waals surface area contributed by atoms with Crippen molar-refractivity contribution in [3.05, 3.63) is 59.9 Å². The highest BCUT2D eigenvalue weighted by Crippen LogP contribution is 2.15. The third kappa shape index (κ3) is 4.07. The Morgan fingerprint density at radius 1 is 1.30 bits per heavy atom. The van der Waals surface area contributed by atoms with Gasteiger partial charge in [0.25, 0.3) is 0 Å². The predicted molar refractivity (Wildman–Crippen MR) is 79.1 cm³/mol. The Kier molecular flexibility index (Phi) is 4.68. The summed E-state index contributed by atoms with van der Waals surface area (Å²) in [6.45, 7) is 2.37. The molecule has 1 unspecified atom stereocenters. The maximum Gasteiger partial charge on any atom is 0.319 e. The van der Waals surface area contributed by atoms with Crippen LogP contribution in [0.4, 0.5) is 10.5 Å². The van der Waals surface area contributed by atoms with Gasteiger partial charge in [0.15, 0.2) is 0 Å². The van der Waals surface area contributed by atoms with E-state index in [1.54, 1.807) is 12.4 Å². The number of benzene rings is 1. The van der Waals surface area contributed by atoms with Gasteiger partial charge in [0.1, 0.15) is 0 Å². The first-order chi connectivity index (χ1) is 9.65. The van der Waals surface area contributed by atoms with E-state index in [-0.39, 0.29) is 12.1 Å². The van der Waals surface area contributed by atoms with E-state index in [1.165, 1.54) is 0 Å². The second kappa shape index (κ2) is 6.68. The van der Waals surface area contributed by atoms with Crippen molar-refractivity contribution in [2.24, 2.45) is 5.73 Å². The van der Waals surface area contributed by atoms with Crippen LogP contribution in [0.5, 0.6) is 0 Å². The number of hydrogen-bond acceptors (Lipinski definition) is 3. The van der Waals surface area contributed by atoms with Gasteiger partial charge in [-0.25, -0.2) is 4.79 Å². The van der Waals surface area contributed by atoms with Gasteiger partial charge in [0.05, 0.1) is 0 Å². The lowest BCUT2D eigenvalue weighted by Crippen LogP contribution is -2.28. The minimum atomic E-state index is -0.247. The zero-order valence-corrected chi connectivity index (χ0v) is 11.3. The van der Waals surface area contributed by atoms with Crippen LogP contribution in [0.25, 0.3) is 0 Å². The lowest BCUT2D eigenvalue weighted by Gasteiger charge is -2.10. The number of rotatable bonds is 4. The maximum atomic E-state index is 11.8. The number of carbonyl (C=O) groups is 1. The Hall–Kier alpha value is -2.40. The monoisotopic (exact) mass is 270 g/mol. The van der Waals surface area contributed by atoms with Crippen LogP contribution in [0, 0.1) is 0 Å². The van der Waals surface area contributed by atoms with E-state index in [1.807, 2.05) is 43.3 Å². The third-order valence-corrected chi connectivity index (χ3v) is 2.87. The Morgan fingerprint density at radius 3 is 2.75 bits per heavy atom. The lowest BCUT2D eigenvalue weighted by atomic mass is 10.1. The van der Waals surface area contributed by atoms with Crippen LogP contribution in [0.2, 0.25) is 0 Å². The molecule has 0 saturated heterocycles. The smallest absolute Gasteiger partial charge is 0.319 e. The van der Waals surface area contributed by atoms with Crippen molar-refractivity contribution in [3.8, 4) is 0 Å². The second-order valence-corrected chi connectivity index (χ2v) is 4.58. The van der Waals surface area contributed by atoms with Crippen molar-refractivity contribution in [3.63, 3.8) is 0 Å². The van der Waals surface area contributed by atoms with E-state index in [0.717, 1.165) is 16.8 Å². The van der Waals surface area contributed by atoms with E-state index in [9.17, 15) is 4.79 Å². The Labute approximate surface area is 118 Å². The zero-order chi connectivity index (χ0) is 14.4. The molecule has 0 aliphatic carbocycles. The van der Waals surface area contributed by atoms with Gasteiger partial charge in [0, 0.05) is 30.7 Å². The molecular weight excluding hydrogens is 252 g/mol. The number of nitrogens with zero attached hydrogens (tertiary/aromatic N) is 1. The van der Waals surface area contributed by atoms with Gasteiger partial charge in [-0.2, -0.15) is 0 Å². The number of nitrogens with two attached hydrogens (primary N) is 1. The molecule has 1 aromatic carbocycles. The first kappa shape index (κ1) is 14.0. The molecule has 0 fully saturated rings. The van der Waals surface area contributed by atoms with Crippen LogP contribution in [-0.4, -0.2) is 11.0 Å². The third-order valence-electron chi connectivity index (χ3n) is 2.87. The molecule has 5 nitrogen and oxygen atoms in total. The molecule has 0 aliphatic rings. The van der Waals surface area contributed by atoms with Crippen LogP contribution in [0.15, 0.2) is 48.8 Å². The number of aromatic nitrogens is 1. The Balaban J connectivity index is 1.90. The fraction of sp³-hybridized carbons (Fsp3) is 0.200. The highest BCUT2D eigenvalue weighted by atomic mass is 16.2. The number of pyridine rings is 1. The van der Waals surface area contributed by atoms with E-state index in [2.05, 4.69) is 15.6 Å². The number of carbonyl (C=O) groups excluding carboxylic acids is 1. The Morgan fingerprint density at radius 2 is 2.05 bits per heavy atom. The molecule has 1 aromatic heterocycles. The van der Waals surface area contributed by atoms with Crippen molar-refractivity contribution < 1.29 is 4.79 Å².